The number of rotatable bonds is 3. The molecule has 0 radical (unpaired) electrons. The predicted molar refractivity (Wildman–Crippen MR) is 126 cm³/mol. The number of hydrogen-bond acceptors (Lipinski definition) is 4. The zero-order valence-corrected chi connectivity index (χ0v) is 19.4. The predicted octanol–water partition coefficient (Wildman–Crippen LogP) is 4.37. The van der Waals surface area contributed by atoms with Crippen molar-refractivity contribution in [1.82, 2.24) is 10.2 Å². The number of nitrogens with zero attached hydrogens (tertiary/aromatic N) is 3. The second-order valence-corrected chi connectivity index (χ2v) is 9.51. The molecular weight excluding hydrogens is 423 g/mol. The van der Waals surface area contributed by atoms with Gasteiger partial charge in [0.1, 0.15) is 11.4 Å². The van der Waals surface area contributed by atoms with E-state index in [4.69, 9.17) is 4.74 Å². The summed E-state index contributed by atoms with van der Waals surface area (Å²) in [6.45, 7) is 8.00. The lowest BCUT2D eigenvalue weighted by Gasteiger charge is -2.38. The van der Waals surface area contributed by atoms with Gasteiger partial charge in [0.25, 0.3) is 0 Å². The average molecular weight is 455 g/mol. The van der Waals surface area contributed by atoms with Crippen LogP contribution in [0, 0.1) is 5.82 Å². The Morgan fingerprint density at radius 2 is 1.73 bits per heavy atom. The number of halogens is 1. The number of para-hydroxylation sites is 2. The molecule has 3 amide bonds. The minimum atomic E-state index is -0.551. The molecule has 2 aliphatic rings. The summed E-state index contributed by atoms with van der Waals surface area (Å²) >= 11 is 0. The van der Waals surface area contributed by atoms with Crippen LogP contribution in [0.3, 0.4) is 0 Å². The minimum absolute atomic E-state index is 0.131. The second-order valence-electron chi connectivity index (χ2n) is 9.51. The Morgan fingerprint density at radius 1 is 1.03 bits per heavy atom. The highest BCUT2D eigenvalue weighted by Crippen LogP contribution is 2.34. The van der Waals surface area contributed by atoms with Crippen molar-refractivity contribution in [3.63, 3.8) is 0 Å². The number of urea groups is 1. The van der Waals surface area contributed by atoms with Gasteiger partial charge in [0, 0.05) is 38.3 Å². The molecule has 2 aliphatic heterocycles. The van der Waals surface area contributed by atoms with Crippen molar-refractivity contribution in [2.45, 2.75) is 45.4 Å². The molecule has 0 spiro atoms. The summed E-state index contributed by atoms with van der Waals surface area (Å²) in [5.41, 5.74) is 1.76. The highest BCUT2D eigenvalue weighted by molar-refractivity contribution is 5.97. The lowest BCUT2D eigenvalue weighted by molar-refractivity contribution is 0.0291. The summed E-state index contributed by atoms with van der Waals surface area (Å²) in [4.78, 5) is 30.9. The number of anilines is 2. The number of likely N-dealkylation sites (tertiary alicyclic amines) is 1. The van der Waals surface area contributed by atoms with E-state index in [1.165, 1.54) is 6.07 Å². The second kappa shape index (κ2) is 9.29. The smallest absolute Gasteiger partial charge is 0.410 e. The number of hydrogen-bond donors (Lipinski definition) is 1. The molecule has 0 aliphatic carbocycles. The van der Waals surface area contributed by atoms with Crippen LogP contribution in [0.2, 0.25) is 0 Å². The van der Waals surface area contributed by atoms with Gasteiger partial charge >= 0.3 is 12.1 Å². The first-order chi connectivity index (χ1) is 15.7. The number of fused-ring (bicyclic) bond motifs is 1. The number of nitrogens with one attached hydrogen (secondary N) is 1. The zero-order chi connectivity index (χ0) is 23.6. The zero-order valence-electron chi connectivity index (χ0n) is 19.4. The van der Waals surface area contributed by atoms with Crippen molar-refractivity contribution < 1.29 is 18.7 Å². The van der Waals surface area contributed by atoms with E-state index in [1.807, 2.05) is 51.1 Å². The van der Waals surface area contributed by atoms with Gasteiger partial charge in [0.15, 0.2) is 0 Å². The van der Waals surface area contributed by atoms with Crippen molar-refractivity contribution in [3.05, 3.63) is 59.9 Å². The van der Waals surface area contributed by atoms with Crippen LogP contribution in [0.1, 0.15) is 32.8 Å². The van der Waals surface area contributed by atoms with Crippen molar-refractivity contribution in [2.24, 2.45) is 0 Å². The van der Waals surface area contributed by atoms with Crippen LogP contribution in [0.15, 0.2) is 48.5 Å². The maximum Gasteiger partial charge on any atom is 0.410 e. The van der Waals surface area contributed by atoms with E-state index in [-0.39, 0.29) is 24.0 Å². The lowest BCUT2D eigenvalue weighted by Crippen LogP contribution is -2.51. The molecule has 1 fully saturated rings. The highest BCUT2D eigenvalue weighted by atomic mass is 19.1. The molecule has 8 heteroatoms. The summed E-state index contributed by atoms with van der Waals surface area (Å²) in [5.74, 6) is -0.231. The Kier molecular flexibility index (Phi) is 6.44. The normalized spacial score (nSPS) is 18.2. The maximum atomic E-state index is 14.2. The van der Waals surface area contributed by atoms with E-state index in [0.29, 0.717) is 44.7 Å². The first-order valence-electron chi connectivity index (χ1n) is 11.3. The molecule has 4 rings (SSSR count). The Balaban J connectivity index is 1.41. The quantitative estimate of drug-likeness (QED) is 0.748. The third-order valence-electron chi connectivity index (χ3n) is 5.84. The van der Waals surface area contributed by atoms with E-state index < -0.39 is 5.60 Å². The minimum Gasteiger partial charge on any atom is -0.444 e. The third-order valence-corrected chi connectivity index (χ3v) is 5.84. The van der Waals surface area contributed by atoms with E-state index >= 15 is 0 Å². The summed E-state index contributed by atoms with van der Waals surface area (Å²) in [7, 11) is 0. The summed E-state index contributed by atoms with van der Waals surface area (Å²) in [6, 6.07) is 14.1. The van der Waals surface area contributed by atoms with Gasteiger partial charge in [0.05, 0.1) is 17.4 Å². The van der Waals surface area contributed by atoms with Gasteiger partial charge in [-0.2, -0.15) is 0 Å². The van der Waals surface area contributed by atoms with Crippen LogP contribution in [-0.2, 0) is 11.3 Å². The van der Waals surface area contributed by atoms with Crippen LogP contribution in [-0.4, -0.2) is 54.8 Å². The van der Waals surface area contributed by atoms with Crippen LogP contribution in [0.5, 0.6) is 0 Å². The van der Waals surface area contributed by atoms with Crippen LogP contribution >= 0.6 is 0 Å². The average Bonchev–Trinajstić information content (AvgIpc) is 3.23. The van der Waals surface area contributed by atoms with Crippen molar-refractivity contribution in [2.75, 3.05) is 36.0 Å². The van der Waals surface area contributed by atoms with E-state index in [1.54, 1.807) is 21.9 Å². The molecule has 2 aromatic carbocycles. The van der Waals surface area contributed by atoms with E-state index in [9.17, 15) is 14.0 Å². The van der Waals surface area contributed by atoms with Crippen LogP contribution in [0.4, 0.5) is 25.4 Å². The molecule has 1 saturated heterocycles. The molecule has 0 bridgehead atoms. The van der Waals surface area contributed by atoms with Crippen LogP contribution in [0.25, 0.3) is 0 Å². The number of amides is 3. The Hall–Kier alpha value is -3.29. The van der Waals surface area contributed by atoms with Crippen molar-refractivity contribution in [1.29, 1.82) is 0 Å². The van der Waals surface area contributed by atoms with Gasteiger partial charge in [-0.15, -0.1) is 0 Å². The fourth-order valence-corrected chi connectivity index (χ4v) is 4.25. The molecule has 7 nitrogen and oxygen atoms in total. The van der Waals surface area contributed by atoms with Gasteiger partial charge in [-0.05, 0) is 45.4 Å². The van der Waals surface area contributed by atoms with Crippen molar-refractivity contribution in [3.8, 4) is 0 Å². The van der Waals surface area contributed by atoms with Gasteiger partial charge in [-0.3, -0.25) is 4.90 Å². The maximum absolute atomic E-state index is 14.2. The van der Waals surface area contributed by atoms with Crippen LogP contribution < -0.4 is 15.1 Å². The molecule has 0 saturated carbocycles. The number of benzene rings is 2. The molecule has 2 aromatic rings. The van der Waals surface area contributed by atoms with Gasteiger partial charge in [-0.25, -0.2) is 14.0 Å². The largest absolute Gasteiger partial charge is 0.444 e. The number of carbonyl (C=O) groups is 2. The van der Waals surface area contributed by atoms with Gasteiger partial charge in [0.2, 0.25) is 0 Å². The molecule has 176 valence electrons. The molecule has 0 aromatic heterocycles. The standard InChI is InChI=1S/C25H31FN4O3/c1-25(2,3)33-24(32)29-13-12-19(17-29)27-23(31)30-15-14-28(21-10-6-7-11-22(21)30)16-18-8-4-5-9-20(18)26/h4-11,19H,12-17H2,1-3H3,(H,27,31)/t19-/m1/s1. The Morgan fingerprint density at radius 3 is 2.45 bits per heavy atom. The number of carbonyl (C=O) groups excluding carboxylic acids is 2. The molecule has 33 heavy (non-hydrogen) atoms. The number of ether oxygens (including phenoxy) is 1. The fourth-order valence-electron chi connectivity index (χ4n) is 4.25. The van der Waals surface area contributed by atoms with Gasteiger partial charge < -0.3 is 19.9 Å². The summed E-state index contributed by atoms with van der Waals surface area (Å²) in [6.07, 6.45) is 0.325. The Bertz CT molecular complexity index is 1020. The Labute approximate surface area is 194 Å². The van der Waals surface area contributed by atoms with Crippen molar-refractivity contribution >= 4 is 23.5 Å². The molecule has 2 heterocycles. The third kappa shape index (κ3) is 5.38. The highest BCUT2D eigenvalue weighted by Gasteiger charge is 2.33. The van der Waals surface area contributed by atoms with Gasteiger partial charge in [-0.1, -0.05) is 30.3 Å². The molecule has 1 N–H and O–H groups in total. The summed E-state index contributed by atoms with van der Waals surface area (Å²) in [5, 5.41) is 3.07. The lowest BCUT2D eigenvalue weighted by atomic mass is 10.1. The molecule has 0 unspecified atom stereocenters. The van der Waals surface area contributed by atoms with E-state index in [0.717, 1.165) is 11.4 Å². The topological polar surface area (TPSA) is 65.1 Å². The molecular formula is C25H31FN4O3. The molecule has 1 atom stereocenters. The fraction of sp³-hybridized carbons (Fsp3) is 0.440. The first-order valence-corrected chi connectivity index (χ1v) is 11.3. The SMILES string of the molecule is CC(C)(C)OC(=O)N1CC[C@@H](NC(=O)N2CCN(Cc3ccccc3F)c3ccccc32)C1. The first kappa shape index (κ1) is 22.9. The summed E-state index contributed by atoms with van der Waals surface area (Å²) < 4.78 is 19.6. The monoisotopic (exact) mass is 454 g/mol. The van der Waals surface area contributed by atoms with E-state index in [2.05, 4.69) is 10.2 Å².